The highest BCUT2D eigenvalue weighted by Gasteiger charge is 2.25. The number of benzene rings is 3. The normalized spacial score (nSPS) is 17.7. The van der Waals surface area contributed by atoms with Gasteiger partial charge in [-0.2, -0.15) is 0 Å². The zero-order chi connectivity index (χ0) is 28.4. The molecule has 0 spiro atoms. The largest absolute Gasteiger partial charge is 0.497 e. The van der Waals surface area contributed by atoms with Crippen molar-refractivity contribution >= 4 is 5.69 Å². The SMILES string of the molecule is CCN(Cc1ccc(OCCN2CCCCCCC2)cc1)c1cc(OC)ccc1C1CCc2cc(OC)ccc2C1. The van der Waals surface area contributed by atoms with E-state index in [-0.39, 0.29) is 0 Å². The third-order valence-electron chi connectivity index (χ3n) is 8.96. The van der Waals surface area contributed by atoms with Gasteiger partial charge in [-0.3, -0.25) is 4.90 Å². The number of ether oxygens (including phenoxy) is 3. The van der Waals surface area contributed by atoms with Crippen LogP contribution in [0.3, 0.4) is 0 Å². The number of likely N-dealkylation sites (tertiary alicyclic amines) is 1. The molecule has 1 atom stereocenters. The van der Waals surface area contributed by atoms with Crippen LogP contribution in [-0.4, -0.2) is 51.9 Å². The van der Waals surface area contributed by atoms with Crippen LogP contribution in [0.5, 0.6) is 17.2 Å². The van der Waals surface area contributed by atoms with Crippen molar-refractivity contribution in [2.75, 3.05) is 51.9 Å². The predicted octanol–water partition coefficient (Wildman–Crippen LogP) is 7.65. The van der Waals surface area contributed by atoms with Crippen molar-refractivity contribution in [3.8, 4) is 17.2 Å². The fraction of sp³-hybridized carbons (Fsp3) is 0.500. The first-order valence-corrected chi connectivity index (χ1v) is 15.7. The van der Waals surface area contributed by atoms with E-state index in [9.17, 15) is 0 Å². The molecule has 1 heterocycles. The van der Waals surface area contributed by atoms with Crippen LogP contribution in [0.4, 0.5) is 5.69 Å². The van der Waals surface area contributed by atoms with E-state index in [4.69, 9.17) is 14.2 Å². The molecule has 1 aliphatic carbocycles. The van der Waals surface area contributed by atoms with E-state index < -0.39 is 0 Å². The molecule has 1 aliphatic heterocycles. The number of hydrogen-bond donors (Lipinski definition) is 0. The highest BCUT2D eigenvalue weighted by atomic mass is 16.5. The molecule has 2 aliphatic rings. The number of nitrogens with zero attached hydrogens (tertiary/aromatic N) is 2. The van der Waals surface area contributed by atoms with Gasteiger partial charge >= 0.3 is 0 Å². The molecule has 0 bridgehead atoms. The van der Waals surface area contributed by atoms with Crippen molar-refractivity contribution < 1.29 is 14.2 Å². The van der Waals surface area contributed by atoms with E-state index in [1.54, 1.807) is 14.2 Å². The summed E-state index contributed by atoms with van der Waals surface area (Å²) in [5.74, 6) is 3.30. The molecule has 1 fully saturated rings. The van der Waals surface area contributed by atoms with Gasteiger partial charge in [-0.15, -0.1) is 0 Å². The van der Waals surface area contributed by atoms with Gasteiger partial charge in [0.2, 0.25) is 0 Å². The quantitative estimate of drug-likeness (QED) is 0.242. The molecule has 5 heteroatoms. The Morgan fingerprint density at radius 3 is 2.20 bits per heavy atom. The van der Waals surface area contributed by atoms with Gasteiger partial charge in [0, 0.05) is 31.4 Å². The van der Waals surface area contributed by atoms with Crippen molar-refractivity contribution in [1.29, 1.82) is 0 Å². The topological polar surface area (TPSA) is 34.2 Å². The van der Waals surface area contributed by atoms with E-state index in [1.807, 2.05) is 0 Å². The molecule has 3 aromatic carbocycles. The molecule has 220 valence electrons. The monoisotopic (exact) mass is 556 g/mol. The standard InChI is InChI=1S/C36H48N2O3/c1-4-38(27-28-10-15-32(16-11-28)41-23-22-37-20-8-6-5-7-9-21-37)36-26-34(40-3)18-19-35(36)31-13-12-30-25-33(39-2)17-14-29(30)24-31/h10-11,14-19,25-26,31H,4-9,12-13,20-24,27H2,1-3H3. The fourth-order valence-corrected chi connectivity index (χ4v) is 6.50. The van der Waals surface area contributed by atoms with Gasteiger partial charge in [-0.05, 0) is 111 Å². The zero-order valence-corrected chi connectivity index (χ0v) is 25.4. The van der Waals surface area contributed by atoms with Gasteiger partial charge in [0.05, 0.1) is 14.2 Å². The van der Waals surface area contributed by atoms with E-state index in [0.29, 0.717) is 5.92 Å². The van der Waals surface area contributed by atoms with Crippen LogP contribution in [0.1, 0.15) is 73.6 Å². The van der Waals surface area contributed by atoms with Crippen LogP contribution in [0.25, 0.3) is 0 Å². The summed E-state index contributed by atoms with van der Waals surface area (Å²) in [6.07, 6.45) is 10.1. The second-order valence-corrected chi connectivity index (χ2v) is 11.6. The molecule has 1 unspecified atom stereocenters. The van der Waals surface area contributed by atoms with Crippen molar-refractivity contribution in [2.45, 2.75) is 70.8 Å². The Hall–Kier alpha value is -3.18. The number of hydrogen-bond acceptors (Lipinski definition) is 5. The van der Waals surface area contributed by atoms with Crippen molar-refractivity contribution in [1.82, 2.24) is 4.90 Å². The average molecular weight is 557 g/mol. The molecular formula is C36H48N2O3. The molecule has 3 aromatic rings. The summed E-state index contributed by atoms with van der Waals surface area (Å²) >= 11 is 0. The van der Waals surface area contributed by atoms with Crippen molar-refractivity contribution in [2.24, 2.45) is 0 Å². The molecule has 0 amide bonds. The number of anilines is 1. The minimum Gasteiger partial charge on any atom is -0.497 e. The number of rotatable bonds is 11. The maximum atomic E-state index is 6.14. The van der Waals surface area contributed by atoms with Crippen molar-refractivity contribution in [3.05, 3.63) is 82.9 Å². The third kappa shape index (κ3) is 7.77. The lowest BCUT2D eigenvalue weighted by molar-refractivity contribution is 0.195. The smallest absolute Gasteiger partial charge is 0.120 e. The average Bonchev–Trinajstić information content (AvgIpc) is 3.00. The minimum atomic E-state index is 0.482. The molecule has 0 aromatic heterocycles. The Labute approximate surface area is 247 Å². The molecule has 5 nitrogen and oxygen atoms in total. The lowest BCUT2D eigenvalue weighted by Crippen LogP contribution is -2.31. The Morgan fingerprint density at radius 2 is 1.46 bits per heavy atom. The molecule has 0 radical (unpaired) electrons. The van der Waals surface area contributed by atoms with E-state index >= 15 is 0 Å². The Morgan fingerprint density at radius 1 is 0.780 bits per heavy atom. The van der Waals surface area contributed by atoms with Gasteiger partial charge in [0.15, 0.2) is 0 Å². The van der Waals surface area contributed by atoms with E-state index in [0.717, 1.165) is 62.8 Å². The first kappa shape index (κ1) is 29.3. The Bertz CT molecular complexity index is 1230. The number of fused-ring (bicyclic) bond motifs is 1. The molecule has 41 heavy (non-hydrogen) atoms. The zero-order valence-electron chi connectivity index (χ0n) is 25.4. The first-order chi connectivity index (χ1) is 20.2. The summed E-state index contributed by atoms with van der Waals surface area (Å²) in [7, 11) is 3.50. The number of aryl methyl sites for hydroxylation is 1. The highest BCUT2D eigenvalue weighted by Crippen LogP contribution is 2.40. The first-order valence-electron chi connectivity index (χ1n) is 15.7. The minimum absolute atomic E-state index is 0.482. The van der Waals surface area contributed by atoms with Crippen LogP contribution in [0.2, 0.25) is 0 Å². The van der Waals surface area contributed by atoms with Crippen LogP contribution >= 0.6 is 0 Å². The summed E-state index contributed by atoms with van der Waals surface area (Å²) in [5, 5.41) is 0. The maximum absolute atomic E-state index is 6.14. The summed E-state index contributed by atoms with van der Waals surface area (Å²) < 4.78 is 17.3. The van der Waals surface area contributed by atoms with Gasteiger partial charge < -0.3 is 19.1 Å². The van der Waals surface area contributed by atoms with Gasteiger partial charge in [-0.1, -0.05) is 43.5 Å². The van der Waals surface area contributed by atoms with Gasteiger partial charge in [0.25, 0.3) is 0 Å². The van der Waals surface area contributed by atoms with Crippen molar-refractivity contribution in [3.63, 3.8) is 0 Å². The summed E-state index contributed by atoms with van der Waals surface area (Å²) in [5.41, 5.74) is 6.85. The maximum Gasteiger partial charge on any atom is 0.120 e. The van der Waals surface area contributed by atoms with Crippen LogP contribution < -0.4 is 19.1 Å². The highest BCUT2D eigenvalue weighted by molar-refractivity contribution is 5.60. The molecule has 0 N–H and O–H groups in total. The van der Waals surface area contributed by atoms with Gasteiger partial charge in [0.1, 0.15) is 23.9 Å². The van der Waals surface area contributed by atoms with Crippen LogP contribution in [0.15, 0.2) is 60.7 Å². The molecular weight excluding hydrogens is 508 g/mol. The Kier molecular flexibility index (Phi) is 10.5. The Balaban J connectivity index is 1.24. The second kappa shape index (κ2) is 14.6. The predicted molar refractivity (Wildman–Crippen MR) is 169 cm³/mol. The summed E-state index contributed by atoms with van der Waals surface area (Å²) in [6, 6.07) is 21.9. The summed E-state index contributed by atoms with van der Waals surface area (Å²) in [6.45, 7) is 8.22. The van der Waals surface area contributed by atoms with Crippen LogP contribution in [0, 0.1) is 0 Å². The summed E-state index contributed by atoms with van der Waals surface area (Å²) in [4.78, 5) is 5.05. The third-order valence-corrected chi connectivity index (χ3v) is 8.96. The molecule has 1 saturated heterocycles. The number of methoxy groups -OCH3 is 2. The van der Waals surface area contributed by atoms with Gasteiger partial charge in [-0.25, -0.2) is 0 Å². The van der Waals surface area contributed by atoms with E-state index in [1.165, 1.54) is 73.1 Å². The molecule has 5 rings (SSSR count). The van der Waals surface area contributed by atoms with E-state index in [2.05, 4.69) is 77.4 Å². The molecule has 0 saturated carbocycles. The second-order valence-electron chi connectivity index (χ2n) is 11.6. The fourth-order valence-electron chi connectivity index (χ4n) is 6.50. The lowest BCUT2D eigenvalue weighted by atomic mass is 9.79. The lowest BCUT2D eigenvalue weighted by Gasteiger charge is -2.32. The van der Waals surface area contributed by atoms with Crippen LogP contribution in [-0.2, 0) is 19.4 Å².